The Morgan fingerprint density at radius 3 is 2.93 bits per heavy atom. The summed E-state index contributed by atoms with van der Waals surface area (Å²) in [5.41, 5.74) is 5.76. The van der Waals surface area contributed by atoms with Gasteiger partial charge in [-0.25, -0.2) is 0 Å². The lowest BCUT2D eigenvalue weighted by Crippen LogP contribution is -2.46. The first kappa shape index (κ1) is 9.64. The number of para-hydroxylation sites is 1. The van der Waals surface area contributed by atoms with E-state index in [-0.39, 0.29) is 5.91 Å². The summed E-state index contributed by atoms with van der Waals surface area (Å²) in [4.78, 5) is 11.5. The van der Waals surface area contributed by atoms with Crippen molar-refractivity contribution in [2.75, 3.05) is 11.9 Å². The highest BCUT2D eigenvalue weighted by Gasteiger charge is 2.43. The summed E-state index contributed by atoms with van der Waals surface area (Å²) in [5, 5.41) is 11.8. The van der Waals surface area contributed by atoms with Gasteiger partial charge in [-0.2, -0.15) is 0 Å². The van der Waals surface area contributed by atoms with Crippen molar-refractivity contribution in [3.63, 3.8) is 0 Å². The van der Waals surface area contributed by atoms with Gasteiger partial charge in [0.25, 0.3) is 5.91 Å². The minimum Gasteiger partial charge on any atom is -0.394 e. The number of nitrogens with two attached hydrogens (primary N) is 1. The van der Waals surface area contributed by atoms with Crippen LogP contribution < -0.4 is 11.1 Å². The molecule has 0 saturated carbocycles. The normalized spacial score (nSPS) is 24.6. The van der Waals surface area contributed by atoms with Gasteiger partial charge in [-0.1, -0.05) is 12.1 Å². The fraction of sp³-hybridized carbons (Fsp3) is 0.222. The monoisotopic (exact) mass is 256 g/mol. The maximum Gasteiger partial charge on any atom is 0.251 e. The number of halogens is 1. The fourth-order valence-corrected chi connectivity index (χ4v) is 1.99. The third-order valence-electron chi connectivity index (χ3n) is 2.39. The van der Waals surface area contributed by atoms with Crippen LogP contribution in [0.3, 0.4) is 0 Å². The van der Waals surface area contributed by atoms with Gasteiger partial charge in [-0.3, -0.25) is 4.79 Å². The molecule has 1 atom stereocenters. The molecule has 0 bridgehead atoms. The highest BCUT2D eigenvalue weighted by atomic mass is 79.9. The zero-order valence-corrected chi connectivity index (χ0v) is 8.84. The second-order valence-corrected chi connectivity index (χ2v) is 4.10. The Morgan fingerprint density at radius 2 is 2.29 bits per heavy atom. The van der Waals surface area contributed by atoms with Gasteiger partial charge in [0.05, 0.1) is 12.3 Å². The first-order valence-electron chi connectivity index (χ1n) is 4.10. The van der Waals surface area contributed by atoms with E-state index in [0.29, 0.717) is 11.3 Å². The molecule has 1 heterocycles. The largest absolute Gasteiger partial charge is 0.394 e. The number of nitrogens with one attached hydrogen (secondary N) is 1. The molecule has 1 aromatic rings. The van der Waals surface area contributed by atoms with Crippen molar-refractivity contribution in [2.45, 2.75) is 5.54 Å². The number of carbonyl (C=O) groups is 1. The van der Waals surface area contributed by atoms with E-state index in [1.807, 2.05) is 6.07 Å². The Balaban J connectivity index is 2.64. The van der Waals surface area contributed by atoms with Crippen LogP contribution in [0.25, 0.3) is 0 Å². The standard InChI is InChI=1S/C9H9BrN2O2/c10-6-3-1-2-5-7(6)12-8(14)9(5,11)4-13/h1-3,13H,4,11H2,(H,12,14). The summed E-state index contributed by atoms with van der Waals surface area (Å²) in [6.07, 6.45) is 0. The summed E-state index contributed by atoms with van der Waals surface area (Å²) < 4.78 is 0.768. The number of aliphatic hydroxyl groups excluding tert-OH is 1. The highest BCUT2D eigenvalue weighted by Crippen LogP contribution is 2.38. The number of hydrogen-bond acceptors (Lipinski definition) is 3. The van der Waals surface area contributed by atoms with Gasteiger partial charge in [-0.05, 0) is 22.0 Å². The number of hydrogen-bond donors (Lipinski definition) is 3. The van der Waals surface area contributed by atoms with E-state index in [9.17, 15) is 4.79 Å². The smallest absolute Gasteiger partial charge is 0.251 e. The Kier molecular flexibility index (Phi) is 2.10. The van der Waals surface area contributed by atoms with E-state index < -0.39 is 12.1 Å². The van der Waals surface area contributed by atoms with Gasteiger partial charge in [0.1, 0.15) is 5.54 Å². The Hall–Kier alpha value is -0.910. The number of amides is 1. The van der Waals surface area contributed by atoms with Crippen LogP contribution in [0, 0.1) is 0 Å². The van der Waals surface area contributed by atoms with Gasteiger partial charge in [-0.15, -0.1) is 0 Å². The van der Waals surface area contributed by atoms with Gasteiger partial charge < -0.3 is 16.2 Å². The fourth-order valence-electron chi connectivity index (χ4n) is 1.53. The quantitative estimate of drug-likeness (QED) is 0.687. The third-order valence-corrected chi connectivity index (χ3v) is 3.05. The highest BCUT2D eigenvalue weighted by molar-refractivity contribution is 9.10. The molecule has 1 amide bonds. The SMILES string of the molecule is NC1(CO)C(=O)Nc2c(Br)cccc21. The van der Waals surface area contributed by atoms with Gasteiger partial charge in [0.15, 0.2) is 0 Å². The molecule has 14 heavy (non-hydrogen) atoms. The number of aliphatic hydroxyl groups is 1. The van der Waals surface area contributed by atoms with Crippen molar-refractivity contribution < 1.29 is 9.90 Å². The Morgan fingerprint density at radius 1 is 1.57 bits per heavy atom. The molecule has 0 spiro atoms. The van der Waals surface area contributed by atoms with Crippen LogP contribution in [-0.2, 0) is 10.3 Å². The summed E-state index contributed by atoms with van der Waals surface area (Å²) in [5.74, 6) is -0.373. The summed E-state index contributed by atoms with van der Waals surface area (Å²) >= 11 is 3.30. The van der Waals surface area contributed by atoms with Crippen molar-refractivity contribution in [1.29, 1.82) is 0 Å². The minimum atomic E-state index is -1.31. The molecular weight excluding hydrogens is 248 g/mol. The van der Waals surface area contributed by atoms with Crippen LogP contribution in [0.5, 0.6) is 0 Å². The molecule has 4 nitrogen and oxygen atoms in total. The Bertz CT molecular complexity index is 408. The second-order valence-electron chi connectivity index (χ2n) is 3.25. The van der Waals surface area contributed by atoms with Crippen LogP contribution >= 0.6 is 15.9 Å². The molecule has 1 unspecified atom stereocenters. The molecule has 5 heteroatoms. The maximum absolute atomic E-state index is 11.5. The number of rotatable bonds is 1. The van der Waals surface area contributed by atoms with Crippen molar-refractivity contribution in [3.8, 4) is 0 Å². The molecule has 0 fully saturated rings. The average molecular weight is 257 g/mol. The van der Waals surface area contributed by atoms with E-state index in [1.165, 1.54) is 0 Å². The van der Waals surface area contributed by atoms with E-state index in [4.69, 9.17) is 10.8 Å². The molecule has 1 aromatic carbocycles. The lowest BCUT2D eigenvalue weighted by molar-refractivity contribution is -0.122. The predicted octanol–water partition coefficient (Wildman–Crippen LogP) is 0.548. The van der Waals surface area contributed by atoms with Crippen molar-refractivity contribution in [2.24, 2.45) is 5.73 Å². The van der Waals surface area contributed by atoms with Crippen LogP contribution in [-0.4, -0.2) is 17.6 Å². The molecular formula is C9H9BrN2O2. The molecule has 0 aromatic heterocycles. The number of benzene rings is 1. The summed E-state index contributed by atoms with van der Waals surface area (Å²) in [7, 11) is 0. The number of carbonyl (C=O) groups excluding carboxylic acids is 1. The van der Waals surface area contributed by atoms with E-state index >= 15 is 0 Å². The lowest BCUT2D eigenvalue weighted by Gasteiger charge is -2.18. The van der Waals surface area contributed by atoms with Crippen molar-refractivity contribution in [3.05, 3.63) is 28.2 Å². The zero-order chi connectivity index (χ0) is 10.3. The summed E-state index contributed by atoms with van der Waals surface area (Å²) in [6, 6.07) is 5.32. The molecule has 0 aliphatic carbocycles. The second kappa shape index (κ2) is 3.05. The molecule has 74 valence electrons. The first-order valence-corrected chi connectivity index (χ1v) is 4.89. The maximum atomic E-state index is 11.5. The third kappa shape index (κ3) is 1.10. The van der Waals surface area contributed by atoms with E-state index in [2.05, 4.69) is 21.2 Å². The summed E-state index contributed by atoms with van der Waals surface area (Å²) in [6.45, 7) is -0.401. The van der Waals surface area contributed by atoms with Gasteiger partial charge in [0, 0.05) is 10.0 Å². The zero-order valence-electron chi connectivity index (χ0n) is 7.25. The topological polar surface area (TPSA) is 75.3 Å². The molecule has 2 rings (SSSR count). The first-order chi connectivity index (χ1) is 6.59. The van der Waals surface area contributed by atoms with Gasteiger partial charge >= 0.3 is 0 Å². The number of fused-ring (bicyclic) bond motifs is 1. The molecule has 0 radical (unpaired) electrons. The average Bonchev–Trinajstić information content (AvgIpc) is 2.43. The molecule has 0 saturated heterocycles. The Labute approximate surface area is 89.2 Å². The van der Waals surface area contributed by atoms with Gasteiger partial charge in [0.2, 0.25) is 0 Å². The van der Waals surface area contributed by atoms with E-state index in [0.717, 1.165) is 4.47 Å². The van der Waals surface area contributed by atoms with Crippen molar-refractivity contribution >= 4 is 27.5 Å². The van der Waals surface area contributed by atoms with E-state index in [1.54, 1.807) is 12.1 Å². The van der Waals surface area contributed by atoms with Crippen LogP contribution in [0.15, 0.2) is 22.7 Å². The molecule has 1 aliphatic heterocycles. The van der Waals surface area contributed by atoms with Crippen LogP contribution in [0.1, 0.15) is 5.56 Å². The number of anilines is 1. The van der Waals surface area contributed by atoms with Crippen LogP contribution in [0.2, 0.25) is 0 Å². The predicted molar refractivity (Wildman–Crippen MR) is 55.7 cm³/mol. The lowest BCUT2D eigenvalue weighted by atomic mass is 9.94. The molecule has 1 aliphatic rings. The molecule has 4 N–H and O–H groups in total. The van der Waals surface area contributed by atoms with Crippen molar-refractivity contribution in [1.82, 2.24) is 0 Å². The minimum absolute atomic E-state index is 0.373. The van der Waals surface area contributed by atoms with Crippen LogP contribution in [0.4, 0.5) is 5.69 Å².